The molecule has 0 spiro atoms. The fraction of sp³-hybridized carbons (Fsp3) is 0.355. The maximum absolute atomic E-state index is 13.5. The third kappa shape index (κ3) is 4.62. The van der Waals surface area contributed by atoms with E-state index < -0.39 is 5.41 Å². The molecule has 3 aromatic carbocycles. The van der Waals surface area contributed by atoms with Crippen molar-refractivity contribution in [1.82, 2.24) is 4.90 Å². The van der Waals surface area contributed by atoms with Crippen LogP contribution in [0.2, 0.25) is 0 Å². The van der Waals surface area contributed by atoms with E-state index in [1.807, 2.05) is 39.1 Å². The Morgan fingerprint density at radius 3 is 2.31 bits per heavy atom. The van der Waals surface area contributed by atoms with Crippen LogP contribution >= 0.6 is 0 Å². The quantitative estimate of drug-likeness (QED) is 0.403. The van der Waals surface area contributed by atoms with Gasteiger partial charge in [-0.25, -0.2) is 0 Å². The molecule has 0 saturated heterocycles. The minimum Gasteiger partial charge on any atom is -0.454 e. The van der Waals surface area contributed by atoms with E-state index in [1.165, 1.54) is 5.56 Å². The third-order valence-electron chi connectivity index (χ3n) is 7.43. The number of benzene rings is 3. The van der Waals surface area contributed by atoms with Crippen molar-refractivity contribution in [3.63, 3.8) is 0 Å². The molecule has 1 fully saturated rings. The van der Waals surface area contributed by atoms with E-state index >= 15 is 0 Å². The summed E-state index contributed by atoms with van der Waals surface area (Å²) in [4.78, 5) is 27.5. The van der Waals surface area contributed by atoms with Gasteiger partial charge in [-0.05, 0) is 65.3 Å². The number of hydrogen-bond donors (Lipinski definition) is 0. The van der Waals surface area contributed by atoms with Crippen LogP contribution in [0.1, 0.15) is 48.9 Å². The van der Waals surface area contributed by atoms with Gasteiger partial charge in [0.25, 0.3) is 0 Å². The van der Waals surface area contributed by atoms with Gasteiger partial charge in [0.1, 0.15) is 5.78 Å². The molecular formula is C31H33NO4. The molecule has 5 nitrogen and oxygen atoms in total. The van der Waals surface area contributed by atoms with Crippen molar-refractivity contribution >= 4 is 11.7 Å². The Hall–Kier alpha value is -3.60. The Balaban J connectivity index is 1.31. The number of nitrogens with zero attached hydrogens (tertiary/aromatic N) is 1. The SMILES string of the molecule is Cc1ccc(CC(=O)C2(c3ccc4c(c3)OCO4)CC2)cc1-c1ccc(CN(C)C(=O)C(C)C)cc1. The first kappa shape index (κ1) is 24.1. The number of amides is 1. The molecule has 3 aromatic rings. The predicted molar refractivity (Wildman–Crippen MR) is 140 cm³/mol. The van der Waals surface area contributed by atoms with E-state index in [-0.39, 0.29) is 24.4 Å². The molecule has 0 unspecified atom stereocenters. The number of hydrogen-bond acceptors (Lipinski definition) is 4. The van der Waals surface area contributed by atoms with Crippen LogP contribution in [-0.2, 0) is 28.0 Å². The summed E-state index contributed by atoms with van der Waals surface area (Å²) < 4.78 is 11.0. The lowest BCUT2D eigenvalue weighted by atomic mass is 9.87. The van der Waals surface area contributed by atoms with Crippen LogP contribution in [0.3, 0.4) is 0 Å². The lowest BCUT2D eigenvalue weighted by molar-refractivity contribution is -0.133. The summed E-state index contributed by atoms with van der Waals surface area (Å²) in [6.07, 6.45) is 2.15. The van der Waals surface area contributed by atoms with Gasteiger partial charge in [0.05, 0.1) is 5.41 Å². The predicted octanol–water partition coefficient (Wildman–Crippen LogP) is 5.85. The van der Waals surface area contributed by atoms with Crippen LogP contribution in [-0.4, -0.2) is 30.4 Å². The molecule has 2 aliphatic rings. The van der Waals surface area contributed by atoms with E-state index in [9.17, 15) is 9.59 Å². The molecule has 1 saturated carbocycles. The monoisotopic (exact) mass is 483 g/mol. The second kappa shape index (κ2) is 9.45. The fourth-order valence-corrected chi connectivity index (χ4v) is 5.07. The first-order chi connectivity index (χ1) is 17.3. The fourth-order valence-electron chi connectivity index (χ4n) is 5.07. The van der Waals surface area contributed by atoms with E-state index in [0.717, 1.165) is 52.2 Å². The highest BCUT2D eigenvalue weighted by Gasteiger charge is 2.50. The summed E-state index contributed by atoms with van der Waals surface area (Å²) >= 11 is 0. The average molecular weight is 484 g/mol. The van der Waals surface area contributed by atoms with Crippen molar-refractivity contribution in [3.05, 3.63) is 82.9 Å². The van der Waals surface area contributed by atoms with Gasteiger partial charge in [0.2, 0.25) is 12.7 Å². The Kier molecular flexibility index (Phi) is 6.33. The third-order valence-corrected chi connectivity index (χ3v) is 7.43. The second-order valence-corrected chi connectivity index (χ2v) is 10.4. The lowest BCUT2D eigenvalue weighted by Crippen LogP contribution is -2.29. The smallest absolute Gasteiger partial charge is 0.231 e. The standard InChI is InChI=1S/C31H33NO4/c1-20(2)30(34)32(4)18-22-7-9-24(10-8-22)26-15-23(6-5-21(26)3)16-29(33)31(13-14-31)25-11-12-27-28(17-25)36-19-35-27/h5-12,15,17,20H,13-14,16,18-19H2,1-4H3. The molecule has 186 valence electrons. The topological polar surface area (TPSA) is 55.8 Å². The van der Waals surface area contributed by atoms with Crippen molar-refractivity contribution < 1.29 is 19.1 Å². The van der Waals surface area contributed by atoms with Crippen LogP contribution in [0, 0.1) is 12.8 Å². The zero-order chi connectivity index (χ0) is 25.4. The van der Waals surface area contributed by atoms with Crippen molar-refractivity contribution in [3.8, 4) is 22.6 Å². The molecule has 0 aromatic heterocycles. The molecule has 1 heterocycles. The number of aryl methyl sites for hydroxylation is 1. The average Bonchev–Trinajstić information content (AvgIpc) is 3.56. The van der Waals surface area contributed by atoms with Gasteiger partial charge in [0.15, 0.2) is 11.5 Å². The number of carbonyl (C=O) groups is 2. The largest absolute Gasteiger partial charge is 0.454 e. The summed E-state index contributed by atoms with van der Waals surface area (Å²) in [5, 5.41) is 0. The number of ketones is 1. The van der Waals surface area contributed by atoms with Gasteiger partial charge in [-0.3, -0.25) is 9.59 Å². The van der Waals surface area contributed by atoms with Gasteiger partial charge in [-0.2, -0.15) is 0 Å². The van der Waals surface area contributed by atoms with E-state index in [0.29, 0.717) is 13.0 Å². The maximum atomic E-state index is 13.5. The highest BCUT2D eigenvalue weighted by molar-refractivity contribution is 5.95. The molecule has 0 N–H and O–H groups in total. The number of ether oxygens (including phenoxy) is 2. The van der Waals surface area contributed by atoms with E-state index in [4.69, 9.17) is 9.47 Å². The molecule has 5 heteroatoms. The molecule has 36 heavy (non-hydrogen) atoms. The van der Waals surface area contributed by atoms with Gasteiger partial charge in [-0.1, -0.05) is 62.4 Å². The Bertz CT molecular complexity index is 1300. The molecular weight excluding hydrogens is 450 g/mol. The number of rotatable bonds is 8. The molecule has 1 amide bonds. The lowest BCUT2D eigenvalue weighted by Gasteiger charge is -2.19. The molecule has 1 aliphatic heterocycles. The molecule has 0 atom stereocenters. The number of carbonyl (C=O) groups excluding carboxylic acids is 2. The van der Waals surface area contributed by atoms with Gasteiger partial charge < -0.3 is 14.4 Å². The highest BCUT2D eigenvalue weighted by atomic mass is 16.7. The van der Waals surface area contributed by atoms with Crippen molar-refractivity contribution in [1.29, 1.82) is 0 Å². The molecule has 0 bridgehead atoms. The zero-order valence-electron chi connectivity index (χ0n) is 21.5. The van der Waals surface area contributed by atoms with Crippen LogP contribution in [0.4, 0.5) is 0 Å². The minimum atomic E-state index is -0.410. The summed E-state index contributed by atoms with van der Waals surface area (Å²) in [5.74, 6) is 1.86. The van der Waals surface area contributed by atoms with Gasteiger partial charge in [0, 0.05) is 25.9 Å². The number of Topliss-reactive ketones (excluding diaryl/α,β-unsaturated/α-hetero) is 1. The van der Waals surface area contributed by atoms with E-state index in [1.54, 1.807) is 4.90 Å². The van der Waals surface area contributed by atoms with Crippen molar-refractivity contribution in [2.45, 2.75) is 52.0 Å². The highest BCUT2D eigenvalue weighted by Crippen LogP contribution is 2.51. The van der Waals surface area contributed by atoms with Gasteiger partial charge in [-0.15, -0.1) is 0 Å². The van der Waals surface area contributed by atoms with E-state index in [2.05, 4.69) is 49.4 Å². The first-order valence-corrected chi connectivity index (χ1v) is 12.6. The van der Waals surface area contributed by atoms with Crippen LogP contribution in [0.25, 0.3) is 11.1 Å². The van der Waals surface area contributed by atoms with Crippen LogP contribution < -0.4 is 9.47 Å². The Morgan fingerprint density at radius 2 is 1.61 bits per heavy atom. The van der Waals surface area contributed by atoms with Crippen molar-refractivity contribution in [2.75, 3.05) is 13.8 Å². The van der Waals surface area contributed by atoms with Crippen LogP contribution in [0.5, 0.6) is 11.5 Å². The van der Waals surface area contributed by atoms with Gasteiger partial charge >= 0.3 is 0 Å². The first-order valence-electron chi connectivity index (χ1n) is 12.6. The van der Waals surface area contributed by atoms with Crippen LogP contribution in [0.15, 0.2) is 60.7 Å². The summed E-state index contributed by atoms with van der Waals surface area (Å²) in [5.41, 5.74) is 6.15. The summed E-state index contributed by atoms with van der Waals surface area (Å²) in [7, 11) is 1.84. The Morgan fingerprint density at radius 1 is 0.917 bits per heavy atom. The minimum absolute atomic E-state index is 0.0119. The molecule has 1 aliphatic carbocycles. The summed E-state index contributed by atoms with van der Waals surface area (Å²) in [6, 6.07) is 20.6. The second-order valence-electron chi connectivity index (χ2n) is 10.4. The van der Waals surface area contributed by atoms with Crippen molar-refractivity contribution in [2.24, 2.45) is 5.92 Å². The summed E-state index contributed by atoms with van der Waals surface area (Å²) in [6.45, 7) is 6.76. The zero-order valence-corrected chi connectivity index (χ0v) is 21.5. The molecule has 5 rings (SSSR count). The molecule has 0 radical (unpaired) electrons. The Labute approximate surface area is 213 Å². The maximum Gasteiger partial charge on any atom is 0.231 e. The number of fused-ring (bicyclic) bond motifs is 1. The normalized spacial score (nSPS) is 15.1.